The third-order valence-corrected chi connectivity index (χ3v) is 2.69. The molecule has 1 heterocycles. The second-order valence-electron chi connectivity index (χ2n) is 3.85. The number of carbonyl (C=O) groups is 1. The molecule has 0 radical (unpaired) electrons. The third kappa shape index (κ3) is 2.78. The van der Waals surface area contributed by atoms with Crippen molar-refractivity contribution in [2.24, 2.45) is 0 Å². The quantitative estimate of drug-likeness (QED) is 0.889. The van der Waals surface area contributed by atoms with Gasteiger partial charge in [0.1, 0.15) is 5.82 Å². The Morgan fingerprint density at radius 1 is 1.33 bits per heavy atom. The molecule has 2 aromatic rings. The monoisotopic (exact) mass is 262 g/mol. The van der Waals surface area contributed by atoms with Crippen LogP contribution in [-0.4, -0.2) is 16.1 Å². The Hall–Kier alpha value is -2.07. The molecule has 4 nitrogen and oxygen atoms in total. The van der Waals surface area contributed by atoms with Crippen LogP contribution in [0.25, 0.3) is 0 Å². The van der Waals surface area contributed by atoms with Crippen molar-refractivity contribution in [3.05, 3.63) is 52.7 Å². The van der Waals surface area contributed by atoms with E-state index in [4.69, 9.17) is 16.7 Å². The van der Waals surface area contributed by atoms with Crippen molar-refractivity contribution in [2.75, 3.05) is 5.32 Å². The Morgan fingerprint density at radius 2 is 2.00 bits per heavy atom. The number of carboxylic acid groups (broad SMARTS) is 1. The zero-order chi connectivity index (χ0) is 13.1. The van der Waals surface area contributed by atoms with Gasteiger partial charge in [0.25, 0.3) is 0 Å². The number of nitrogens with zero attached hydrogens (tertiary/aromatic N) is 1. The lowest BCUT2D eigenvalue weighted by atomic mass is 10.2. The number of carboxylic acids is 1. The maximum Gasteiger partial charge on any atom is 0.337 e. The van der Waals surface area contributed by atoms with Gasteiger partial charge in [0.05, 0.1) is 10.6 Å². The fourth-order valence-corrected chi connectivity index (χ4v) is 1.63. The highest BCUT2D eigenvalue weighted by Gasteiger charge is 2.08. The number of rotatable bonds is 3. The number of benzene rings is 1. The average Bonchev–Trinajstić information content (AvgIpc) is 2.34. The number of anilines is 2. The first kappa shape index (κ1) is 12.4. The molecule has 0 aliphatic carbocycles. The highest BCUT2D eigenvalue weighted by atomic mass is 35.5. The van der Waals surface area contributed by atoms with Gasteiger partial charge in [-0.05, 0) is 25.1 Å². The van der Waals surface area contributed by atoms with Crippen LogP contribution in [0.5, 0.6) is 0 Å². The van der Waals surface area contributed by atoms with E-state index in [0.717, 1.165) is 11.3 Å². The van der Waals surface area contributed by atoms with E-state index in [-0.39, 0.29) is 10.6 Å². The number of pyridine rings is 1. The number of aryl methyl sites for hydroxylation is 1. The molecule has 0 aliphatic heterocycles. The molecule has 0 atom stereocenters. The van der Waals surface area contributed by atoms with E-state index >= 15 is 0 Å². The van der Waals surface area contributed by atoms with Crippen LogP contribution < -0.4 is 5.32 Å². The van der Waals surface area contributed by atoms with E-state index in [1.807, 2.05) is 31.2 Å². The highest BCUT2D eigenvalue weighted by molar-refractivity contribution is 6.33. The zero-order valence-electron chi connectivity index (χ0n) is 9.64. The SMILES string of the molecule is Cc1ccc(Nc2ncc(C(=O)O)cc2Cl)cc1. The summed E-state index contributed by atoms with van der Waals surface area (Å²) in [6.07, 6.45) is 1.27. The Balaban J connectivity index is 2.24. The summed E-state index contributed by atoms with van der Waals surface area (Å²) in [5, 5.41) is 12.1. The zero-order valence-corrected chi connectivity index (χ0v) is 10.4. The molecular weight excluding hydrogens is 252 g/mol. The van der Waals surface area contributed by atoms with Crippen molar-refractivity contribution in [1.82, 2.24) is 4.98 Å². The maximum absolute atomic E-state index is 10.7. The molecule has 1 aromatic heterocycles. The molecule has 0 bridgehead atoms. The van der Waals surface area contributed by atoms with Crippen LogP contribution >= 0.6 is 11.6 Å². The Morgan fingerprint density at radius 3 is 2.56 bits per heavy atom. The molecule has 5 heteroatoms. The van der Waals surface area contributed by atoms with E-state index in [1.165, 1.54) is 12.3 Å². The van der Waals surface area contributed by atoms with E-state index in [0.29, 0.717) is 5.82 Å². The van der Waals surface area contributed by atoms with Gasteiger partial charge in [-0.1, -0.05) is 29.3 Å². The van der Waals surface area contributed by atoms with Crippen LogP contribution in [0.15, 0.2) is 36.5 Å². The van der Waals surface area contributed by atoms with Crippen molar-refractivity contribution in [3.8, 4) is 0 Å². The van der Waals surface area contributed by atoms with Crippen molar-refractivity contribution >= 4 is 29.1 Å². The summed E-state index contributed by atoms with van der Waals surface area (Å²) in [5.41, 5.74) is 2.06. The van der Waals surface area contributed by atoms with Crippen LogP contribution in [0.2, 0.25) is 5.02 Å². The molecule has 0 spiro atoms. The molecule has 2 N–H and O–H groups in total. The number of hydrogen-bond acceptors (Lipinski definition) is 3. The van der Waals surface area contributed by atoms with Crippen molar-refractivity contribution < 1.29 is 9.90 Å². The van der Waals surface area contributed by atoms with Gasteiger partial charge in [0.2, 0.25) is 0 Å². The molecule has 0 aliphatic rings. The number of aromatic nitrogens is 1. The van der Waals surface area contributed by atoms with Gasteiger partial charge < -0.3 is 10.4 Å². The predicted octanol–water partition coefficient (Wildman–Crippen LogP) is 3.49. The van der Waals surface area contributed by atoms with Crippen LogP contribution in [-0.2, 0) is 0 Å². The summed E-state index contributed by atoms with van der Waals surface area (Å²) < 4.78 is 0. The highest BCUT2D eigenvalue weighted by Crippen LogP contribution is 2.24. The molecule has 1 aromatic carbocycles. The lowest BCUT2D eigenvalue weighted by Crippen LogP contribution is -2.00. The molecule has 92 valence electrons. The minimum absolute atomic E-state index is 0.0643. The van der Waals surface area contributed by atoms with Gasteiger partial charge in [-0.3, -0.25) is 0 Å². The standard InChI is InChI=1S/C13H11ClN2O2/c1-8-2-4-10(5-3-8)16-12-11(14)6-9(7-15-12)13(17)18/h2-7H,1H3,(H,15,16)(H,17,18). The first-order valence-electron chi connectivity index (χ1n) is 5.29. The van der Waals surface area contributed by atoms with Crippen LogP contribution in [0.4, 0.5) is 11.5 Å². The molecule has 18 heavy (non-hydrogen) atoms. The maximum atomic E-state index is 10.7. The lowest BCUT2D eigenvalue weighted by Gasteiger charge is -2.08. The number of hydrogen-bond donors (Lipinski definition) is 2. The third-order valence-electron chi connectivity index (χ3n) is 2.40. The molecule has 0 fully saturated rings. The largest absolute Gasteiger partial charge is 0.478 e. The van der Waals surface area contributed by atoms with Crippen molar-refractivity contribution in [1.29, 1.82) is 0 Å². The van der Waals surface area contributed by atoms with E-state index in [2.05, 4.69) is 10.3 Å². The minimum Gasteiger partial charge on any atom is -0.478 e. The first-order valence-corrected chi connectivity index (χ1v) is 5.66. The molecule has 2 rings (SSSR count). The summed E-state index contributed by atoms with van der Waals surface area (Å²) in [4.78, 5) is 14.7. The predicted molar refractivity (Wildman–Crippen MR) is 70.7 cm³/mol. The Kier molecular flexibility index (Phi) is 3.48. The van der Waals surface area contributed by atoms with Gasteiger partial charge in [-0.15, -0.1) is 0 Å². The minimum atomic E-state index is -1.05. The summed E-state index contributed by atoms with van der Waals surface area (Å²) in [5.74, 6) is -0.614. The summed E-state index contributed by atoms with van der Waals surface area (Å²) >= 11 is 5.97. The number of halogens is 1. The summed E-state index contributed by atoms with van der Waals surface area (Å²) in [6, 6.07) is 9.09. The molecule has 0 amide bonds. The van der Waals surface area contributed by atoms with E-state index < -0.39 is 5.97 Å². The molecular formula is C13H11ClN2O2. The van der Waals surface area contributed by atoms with E-state index in [9.17, 15) is 4.79 Å². The van der Waals surface area contributed by atoms with Crippen LogP contribution in [0, 0.1) is 6.92 Å². The molecule has 0 unspecified atom stereocenters. The average molecular weight is 263 g/mol. The van der Waals surface area contributed by atoms with Gasteiger partial charge in [-0.25, -0.2) is 9.78 Å². The first-order chi connectivity index (χ1) is 8.56. The number of aromatic carboxylic acids is 1. The van der Waals surface area contributed by atoms with Gasteiger partial charge in [0.15, 0.2) is 0 Å². The molecule has 0 saturated heterocycles. The van der Waals surface area contributed by atoms with Crippen molar-refractivity contribution in [2.45, 2.75) is 6.92 Å². The van der Waals surface area contributed by atoms with E-state index in [1.54, 1.807) is 0 Å². The normalized spacial score (nSPS) is 10.1. The second kappa shape index (κ2) is 5.06. The summed E-state index contributed by atoms with van der Waals surface area (Å²) in [7, 11) is 0. The Bertz CT molecular complexity index is 582. The fraction of sp³-hybridized carbons (Fsp3) is 0.0769. The van der Waals surface area contributed by atoms with Gasteiger partial charge >= 0.3 is 5.97 Å². The Labute approximate surface area is 109 Å². The fourth-order valence-electron chi connectivity index (χ4n) is 1.42. The van der Waals surface area contributed by atoms with Crippen LogP contribution in [0.1, 0.15) is 15.9 Å². The summed E-state index contributed by atoms with van der Waals surface area (Å²) in [6.45, 7) is 2.00. The molecule has 0 saturated carbocycles. The van der Waals surface area contributed by atoms with Gasteiger partial charge in [0, 0.05) is 11.9 Å². The second-order valence-corrected chi connectivity index (χ2v) is 4.26. The smallest absolute Gasteiger partial charge is 0.337 e. The number of nitrogens with one attached hydrogen (secondary N) is 1. The van der Waals surface area contributed by atoms with Crippen molar-refractivity contribution in [3.63, 3.8) is 0 Å². The van der Waals surface area contributed by atoms with Gasteiger partial charge in [-0.2, -0.15) is 0 Å². The lowest BCUT2D eigenvalue weighted by molar-refractivity contribution is 0.0696. The van der Waals surface area contributed by atoms with Crippen LogP contribution in [0.3, 0.4) is 0 Å². The topological polar surface area (TPSA) is 62.2 Å².